The molecule has 1 heterocycles. The number of carbonyl (C=O) groups is 1. The number of carbonyl (C=O) groups excluding carboxylic acids is 1. The van der Waals surface area contributed by atoms with E-state index in [1.54, 1.807) is 30.5 Å². The van der Waals surface area contributed by atoms with E-state index in [9.17, 15) is 13.6 Å². The standard InChI is InChI=1S/C18H13F2NO/c1-12-8-9-21-17-10-13(6-7-14(12)17)15-4-2-3-5-16(15)18(19,20)11-22/h2-11H,1H3. The Morgan fingerprint density at radius 1 is 1.09 bits per heavy atom. The average molecular weight is 297 g/mol. The van der Waals surface area contributed by atoms with Crippen LogP contribution in [0.15, 0.2) is 54.7 Å². The van der Waals surface area contributed by atoms with Gasteiger partial charge in [-0.3, -0.25) is 9.78 Å². The highest BCUT2D eigenvalue weighted by Crippen LogP contribution is 2.35. The zero-order valence-electron chi connectivity index (χ0n) is 11.9. The van der Waals surface area contributed by atoms with Gasteiger partial charge in [-0.1, -0.05) is 36.4 Å². The second-order valence-corrected chi connectivity index (χ2v) is 5.15. The normalized spacial score (nSPS) is 11.6. The van der Waals surface area contributed by atoms with Gasteiger partial charge in [0.2, 0.25) is 0 Å². The maximum Gasteiger partial charge on any atom is 0.328 e. The van der Waals surface area contributed by atoms with E-state index >= 15 is 0 Å². The van der Waals surface area contributed by atoms with Crippen molar-refractivity contribution in [2.45, 2.75) is 12.8 Å². The summed E-state index contributed by atoms with van der Waals surface area (Å²) in [6.07, 6.45) is 1.36. The van der Waals surface area contributed by atoms with Gasteiger partial charge in [-0.2, -0.15) is 8.78 Å². The number of alkyl halides is 2. The van der Waals surface area contributed by atoms with Gasteiger partial charge in [-0.25, -0.2) is 0 Å². The molecule has 22 heavy (non-hydrogen) atoms. The molecule has 3 aromatic rings. The Morgan fingerprint density at radius 3 is 2.64 bits per heavy atom. The van der Waals surface area contributed by atoms with Gasteiger partial charge in [-0.05, 0) is 35.7 Å². The van der Waals surface area contributed by atoms with Crippen molar-refractivity contribution in [3.63, 3.8) is 0 Å². The molecule has 0 amide bonds. The molecule has 0 bridgehead atoms. The number of hydrogen-bond acceptors (Lipinski definition) is 2. The number of nitrogens with zero attached hydrogens (tertiary/aromatic N) is 1. The molecule has 0 radical (unpaired) electrons. The highest BCUT2D eigenvalue weighted by Gasteiger charge is 2.33. The van der Waals surface area contributed by atoms with E-state index in [0.717, 1.165) is 16.5 Å². The quantitative estimate of drug-likeness (QED) is 0.666. The zero-order chi connectivity index (χ0) is 15.7. The number of aldehydes is 1. The van der Waals surface area contributed by atoms with E-state index < -0.39 is 5.92 Å². The minimum Gasteiger partial charge on any atom is -0.296 e. The van der Waals surface area contributed by atoms with Crippen molar-refractivity contribution in [1.29, 1.82) is 0 Å². The van der Waals surface area contributed by atoms with E-state index in [2.05, 4.69) is 4.98 Å². The maximum atomic E-state index is 13.8. The minimum absolute atomic E-state index is 0.294. The Kier molecular flexibility index (Phi) is 3.45. The molecular formula is C18H13F2NO. The third-order valence-electron chi connectivity index (χ3n) is 3.71. The average Bonchev–Trinajstić information content (AvgIpc) is 2.55. The van der Waals surface area contributed by atoms with Crippen LogP contribution >= 0.6 is 0 Å². The molecule has 0 spiro atoms. The Hall–Kier alpha value is -2.62. The third kappa shape index (κ3) is 2.37. The fraction of sp³-hybridized carbons (Fsp3) is 0.111. The molecule has 2 aromatic carbocycles. The van der Waals surface area contributed by atoms with Gasteiger partial charge in [0.15, 0.2) is 6.29 Å². The molecule has 0 aliphatic rings. The first-order valence-electron chi connectivity index (χ1n) is 6.82. The molecule has 0 fully saturated rings. The van der Waals surface area contributed by atoms with E-state index in [4.69, 9.17) is 0 Å². The Labute approximate surface area is 126 Å². The van der Waals surface area contributed by atoms with Gasteiger partial charge in [0.1, 0.15) is 0 Å². The number of aromatic nitrogens is 1. The van der Waals surface area contributed by atoms with E-state index in [-0.39, 0.29) is 11.8 Å². The van der Waals surface area contributed by atoms with Crippen LogP contribution in [0.5, 0.6) is 0 Å². The van der Waals surface area contributed by atoms with Crippen LogP contribution in [0.1, 0.15) is 11.1 Å². The van der Waals surface area contributed by atoms with Gasteiger partial charge < -0.3 is 0 Å². The molecule has 0 unspecified atom stereocenters. The number of fused-ring (bicyclic) bond motifs is 1. The predicted octanol–water partition coefficient (Wildman–Crippen LogP) is 4.50. The summed E-state index contributed by atoms with van der Waals surface area (Å²) in [5.41, 5.74) is 2.47. The largest absolute Gasteiger partial charge is 0.328 e. The lowest BCUT2D eigenvalue weighted by molar-refractivity contribution is -0.130. The molecular weight excluding hydrogens is 284 g/mol. The van der Waals surface area contributed by atoms with Crippen molar-refractivity contribution in [3.05, 3.63) is 65.9 Å². The highest BCUT2D eigenvalue weighted by molar-refractivity contribution is 5.87. The SMILES string of the molecule is Cc1ccnc2cc(-c3ccccc3C(F)(F)C=O)ccc12. The molecule has 0 N–H and O–H groups in total. The smallest absolute Gasteiger partial charge is 0.296 e. The van der Waals surface area contributed by atoms with Crippen LogP contribution in [-0.4, -0.2) is 11.3 Å². The molecule has 0 aliphatic carbocycles. The van der Waals surface area contributed by atoms with Gasteiger partial charge >= 0.3 is 5.92 Å². The van der Waals surface area contributed by atoms with E-state index in [0.29, 0.717) is 11.1 Å². The Bertz CT molecular complexity index is 859. The lowest BCUT2D eigenvalue weighted by atomic mass is 9.95. The molecule has 0 aliphatic heterocycles. The highest BCUT2D eigenvalue weighted by atomic mass is 19.3. The summed E-state index contributed by atoms with van der Waals surface area (Å²) in [5.74, 6) is -3.51. The molecule has 2 nitrogen and oxygen atoms in total. The summed E-state index contributed by atoms with van der Waals surface area (Å²) >= 11 is 0. The zero-order valence-corrected chi connectivity index (χ0v) is 11.9. The monoisotopic (exact) mass is 297 g/mol. The predicted molar refractivity (Wildman–Crippen MR) is 81.9 cm³/mol. The first-order chi connectivity index (χ1) is 10.5. The van der Waals surface area contributed by atoms with Gasteiger partial charge in [0.05, 0.1) is 5.52 Å². The van der Waals surface area contributed by atoms with Gasteiger partial charge in [0, 0.05) is 17.1 Å². The van der Waals surface area contributed by atoms with Crippen LogP contribution in [0.3, 0.4) is 0 Å². The molecule has 1 aromatic heterocycles. The van der Waals surface area contributed by atoms with Crippen molar-refractivity contribution in [2.24, 2.45) is 0 Å². The number of pyridine rings is 1. The van der Waals surface area contributed by atoms with Crippen molar-refractivity contribution in [3.8, 4) is 11.1 Å². The molecule has 110 valence electrons. The van der Waals surface area contributed by atoms with Crippen LogP contribution in [0, 0.1) is 6.92 Å². The maximum absolute atomic E-state index is 13.8. The lowest BCUT2D eigenvalue weighted by Gasteiger charge is -2.15. The van der Waals surface area contributed by atoms with Crippen LogP contribution in [0.2, 0.25) is 0 Å². The summed E-state index contributed by atoms with van der Waals surface area (Å²) in [6.45, 7) is 1.97. The van der Waals surface area contributed by atoms with Crippen molar-refractivity contribution in [2.75, 3.05) is 0 Å². The second-order valence-electron chi connectivity index (χ2n) is 5.15. The molecule has 0 atom stereocenters. The fourth-order valence-electron chi connectivity index (χ4n) is 2.55. The third-order valence-corrected chi connectivity index (χ3v) is 3.71. The lowest BCUT2D eigenvalue weighted by Crippen LogP contribution is -2.16. The Balaban J connectivity index is 2.22. The summed E-state index contributed by atoms with van der Waals surface area (Å²) in [5, 5.41) is 0.978. The minimum atomic E-state index is -3.51. The Morgan fingerprint density at radius 2 is 1.86 bits per heavy atom. The number of benzene rings is 2. The van der Waals surface area contributed by atoms with Crippen LogP contribution in [0.4, 0.5) is 8.78 Å². The molecule has 3 rings (SSSR count). The van der Waals surface area contributed by atoms with Crippen molar-refractivity contribution >= 4 is 17.2 Å². The van der Waals surface area contributed by atoms with Crippen LogP contribution < -0.4 is 0 Å². The van der Waals surface area contributed by atoms with Crippen LogP contribution in [-0.2, 0) is 10.7 Å². The molecule has 4 heteroatoms. The number of hydrogen-bond donors (Lipinski definition) is 0. The first kappa shape index (κ1) is 14.3. The topological polar surface area (TPSA) is 30.0 Å². The summed E-state index contributed by atoms with van der Waals surface area (Å²) < 4.78 is 27.7. The van der Waals surface area contributed by atoms with Gasteiger partial charge in [0.25, 0.3) is 0 Å². The summed E-state index contributed by atoms with van der Waals surface area (Å²) in [4.78, 5) is 15.0. The fourth-order valence-corrected chi connectivity index (χ4v) is 2.55. The number of halogens is 2. The summed E-state index contributed by atoms with van der Waals surface area (Å²) in [6, 6.07) is 13.3. The van der Waals surface area contributed by atoms with E-state index in [1.807, 2.05) is 19.1 Å². The number of rotatable bonds is 3. The molecule has 0 saturated carbocycles. The molecule has 0 saturated heterocycles. The van der Waals surface area contributed by atoms with E-state index in [1.165, 1.54) is 12.1 Å². The number of aryl methyl sites for hydroxylation is 1. The van der Waals surface area contributed by atoms with Crippen molar-refractivity contribution < 1.29 is 13.6 Å². The van der Waals surface area contributed by atoms with Crippen molar-refractivity contribution in [1.82, 2.24) is 4.98 Å². The van der Waals surface area contributed by atoms with Crippen LogP contribution in [0.25, 0.3) is 22.0 Å². The summed E-state index contributed by atoms with van der Waals surface area (Å²) in [7, 11) is 0. The van der Waals surface area contributed by atoms with Gasteiger partial charge in [-0.15, -0.1) is 0 Å². The first-order valence-corrected chi connectivity index (χ1v) is 6.82. The second kappa shape index (κ2) is 5.30.